The van der Waals surface area contributed by atoms with Crippen molar-refractivity contribution in [1.82, 2.24) is 20.0 Å². The van der Waals surface area contributed by atoms with Gasteiger partial charge in [-0.05, 0) is 65.0 Å². The van der Waals surface area contributed by atoms with Gasteiger partial charge in [0.15, 0.2) is 0 Å². The zero-order chi connectivity index (χ0) is 29.2. The van der Waals surface area contributed by atoms with E-state index in [-0.39, 0.29) is 47.8 Å². The van der Waals surface area contributed by atoms with E-state index in [1.54, 1.807) is 0 Å². The average molecular weight is 570 g/mol. The Morgan fingerprint density at radius 3 is 2.10 bits per heavy atom. The van der Waals surface area contributed by atoms with Crippen LogP contribution in [0.1, 0.15) is 80.0 Å². The number of halogens is 1. The van der Waals surface area contributed by atoms with Gasteiger partial charge in [0.1, 0.15) is 17.5 Å². The number of piperidine rings is 2. The van der Waals surface area contributed by atoms with Crippen molar-refractivity contribution in [3.8, 4) is 0 Å². The summed E-state index contributed by atoms with van der Waals surface area (Å²) in [4.78, 5) is 69.9. The second-order valence-corrected chi connectivity index (χ2v) is 12.7. The fourth-order valence-corrected chi connectivity index (χ4v) is 7.13. The maximum atomic E-state index is 15.3. The van der Waals surface area contributed by atoms with Crippen LogP contribution in [0.3, 0.4) is 0 Å². The number of nitrogens with one attached hydrogen (secondary N) is 1. The van der Waals surface area contributed by atoms with Crippen LogP contribution in [0.4, 0.5) is 14.9 Å². The molecule has 6 rings (SSSR count). The van der Waals surface area contributed by atoms with Gasteiger partial charge in [0.05, 0.1) is 16.8 Å². The summed E-state index contributed by atoms with van der Waals surface area (Å²) in [7, 11) is 0. The van der Waals surface area contributed by atoms with E-state index < -0.39 is 41.1 Å². The Kier molecular flexibility index (Phi) is 6.79. The van der Waals surface area contributed by atoms with Crippen LogP contribution in [0.25, 0.3) is 0 Å². The van der Waals surface area contributed by atoms with Crippen molar-refractivity contribution in [3.63, 3.8) is 0 Å². The number of nitrogens with zero attached hydrogens (tertiary/aromatic N) is 4. The highest BCUT2D eigenvalue weighted by atomic mass is 19.1. The number of likely N-dealkylation sites (tertiary alicyclic amines) is 1. The number of benzene rings is 1. The minimum atomic E-state index is -1.09. The molecule has 3 unspecified atom stereocenters. The molecule has 0 saturated carbocycles. The van der Waals surface area contributed by atoms with Crippen LogP contribution in [0.2, 0.25) is 0 Å². The van der Waals surface area contributed by atoms with Crippen LogP contribution in [0, 0.1) is 5.82 Å². The Bertz CT molecular complexity index is 1310. The van der Waals surface area contributed by atoms with E-state index in [2.05, 4.69) is 10.2 Å². The Hall–Kier alpha value is -3.54. The van der Waals surface area contributed by atoms with Crippen molar-refractivity contribution in [2.75, 3.05) is 31.1 Å². The third-order valence-corrected chi connectivity index (χ3v) is 8.92. The van der Waals surface area contributed by atoms with E-state index in [1.807, 2.05) is 30.6 Å². The highest BCUT2D eigenvalue weighted by molar-refractivity contribution is 6.23. The number of hydrogen-bond acceptors (Lipinski definition) is 8. The molecule has 5 heterocycles. The Labute approximate surface area is 237 Å². The van der Waals surface area contributed by atoms with Crippen molar-refractivity contribution in [2.24, 2.45) is 0 Å². The fourth-order valence-electron chi connectivity index (χ4n) is 7.13. The van der Waals surface area contributed by atoms with Gasteiger partial charge in [0.25, 0.3) is 11.8 Å². The van der Waals surface area contributed by atoms with Gasteiger partial charge >= 0.3 is 6.09 Å². The van der Waals surface area contributed by atoms with Gasteiger partial charge in [-0.2, -0.15) is 0 Å². The Morgan fingerprint density at radius 1 is 0.902 bits per heavy atom. The summed E-state index contributed by atoms with van der Waals surface area (Å²) in [5.74, 6) is -3.09. The second-order valence-electron chi connectivity index (χ2n) is 12.7. The zero-order valence-electron chi connectivity index (χ0n) is 23.7. The molecule has 1 N–H and O–H groups in total. The summed E-state index contributed by atoms with van der Waals surface area (Å²) >= 11 is 0. The quantitative estimate of drug-likeness (QED) is 0.551. The van der Waals surface area contributed by atoms with Gasteiger partial charge in [-0.1, -0.05) is 0 Å². The predicted molar refractivity (Wildman–Crippen MR) is 145 cm³/mol. The molecule has 0 aliphatic carbocycles. The molecule has 12 heteroatoms. The summed E-state index contributed by atoms with van der Waals surface area (Å²) in [6, 6.07) is 2.30. The van der Waals surface area contributed by atoms with Crippen molar-refractivity contribution in [3.05, 3.63) is 29.1 Å². The number of rotatable bonds is 3. The summed E-state index contributed by atoms with van der Waals surface area (Å²) in [5.41, 5.74) is -0.246. The van der Waals surface area contributed by atoms with E-state index in [0.717, 1.165) is 36.6 Å². The van der Waals surface area contributed by atoms with Crippen molar-refractivity contribution in [2.45, 2.75) is 89.1 Å². The van der Waals surface area contributed by atoms with Crippen LogP contribution < -0.4 is 10.2 Å². The topological polar surface area (TPSA) is 120 Å². The van der Waals surface area contributed by atoms with E-state index in [4.69, 9.17) is 4.74 Å². The highest BCUT2D eigenvalue weighted by Crippen LogP contribution is 2.38. The smallest absolute Gasteiger partial charge is 0.410 e. The van der Waals surface area contributed by atoms with Gasteiger partial charge in [-0.3, -0.25) is 34.3 Å². The summed E-state index contributed by atoms with van der Waals surface area (Å²) in [6.07, 6.45) is 3.49. The molecule has 1 aromatic rings. The summed E-state index contributed by atoms with van der Waals surface area (Å²) in [6.45, 7) is 8.08. The van der Waals surface area contributed by atoms with Gasteiger partial charge in [-0.25, -0.2) is 9.18 Å². The first kappa shape index (κ1) is 27.6. The molecular weight excluding hydrogens is 533 g/mol. The largest absolute Gasteiger partial charge is 0.444 e. The molecule has 2 bridgehead atoms. The molecule has 5 amide bonds. The minimum absolute atomic E-state index is 0.0239. The van der Waals surface area contributed by atoms with E-state index in [9.17, 15) is 24.0 Å². The molecule has 3 atom stereocenters. The standard InChI is InChI=1S/C29H36FN5O6/c1-29(2,3)41-28(40)33-14-17-4-5-18(15-33)34(17)16-8-10-32(11-9-16)23-13-20-19(12-21(23)30)26(38)35(27(20)39)22-6-7-24(36)31-25(22)37/h12-13,16-18,22H,4-11,14-15H2,1-3H3,(H,31,36,37). The monoisotopic (exact) mass is 569 g/mol. The summed E-state index contributed by atoms with van der Waals surface area (Å²) < 4.78 is 20.9. The molecule has 220 valence electrons. The van der Waals surface area contributed by atoms with Crippen LogP contribution in [0.15, 0.2) is 12.1 Å². The fraction of sp³-hybridized carbons (Fsp3) is 0.621. The molecule has 5 aliphatic rings. The molecule has 1 aromatic carbocycles. The molecule has 11 nitrogen and oxygen atoms in total. The van der Waals surface area contributed by atoms with Gasteiger partial charge in [0, 0.05) is 50.7 Å². The molecule has 4 saturated heterocycles. The van der Waals surface area contributed by atoms with Crippen molar-refractivity contribution < 1.29 is 33.1 Å². The number of piperazine rings is 1. The first-order valence-electron chi connectivity index (χ1n) is 14.5. The minimum Gasteiger partial charge on any atom is -0.444 e. The van der Waals surface area contributed by atoms with Crippen LogP contribution in [0.5, 0.6) is 0 Å². The van der Waals surface area contributed by atoms with Crippen molar-refractivity contribution >= 4 is 35.4 Å². The number of hydrogen-bond donors (Lipinski definition) is 1. The molecule has 5 aliphatic heterocycles. The van der Waals surface area contributed by atoms with Crippen LogP contribution >= 0.6 is 0 Å². The lowest BCUT2D eigenvalue weighted by Crippen LogP contribution is -2.60. The number of ether oxygens (including phenoxy) is 1. The molecule has 41 heavy (non-hydrogen) atoms. The SMILES string of the molecule is CC(C)(C)OC(=O)N1CC2CCC(C1)N2C1CCN(c2cc3c(cc2F)C(=O)N(C2CCC(=O)NC2=O)C3=O)CC1. The number of amides is 5. The maximum absolute atomic E-state index is 15.3. The van der Waals surface area contributed by atoms with E-state index in [1.165, 1.54) is 6.07 Å². The van der Waals surface area contributed by atoms with Gasteiger partial charge < -0.3 is 14.5 Å². The summed E-state index contributed by atoms with van der Waals surface area (Å²) in [5, 5.41) is 2.17. The van der Waals surface area contributed by atoms with Crippen LogP contribution in [-0.4, -0.2) is 100 Å². The lowest BCUT2D eigenvalue weighted by molar-refractivity contribution is -0.136. The molecule has 4 fully saturated rings. The Balaban J connectivity index is 1.12. The lowest BCUT2D eigenvalue weighted by Gasteiger charge is -2.47. The third kappa shape index (κ3) is 4.96. The first-order valence-corrected chi connectivity index (χ1v) is 14.5. The molecular formula is C29H36FN5O6. The van der Waals surface area contributed by atoms with Gasteiger partial charge in [-0.15, -0.1) is 0 Å². The third-order valence-electron chi connectivity index (χ3n) is 8.92. The number of fused-ring (bicyclic) bond motifs is 3. The normalized spacial score (nSPS) is 27.4. The molecule has 0 aromatic heterocycles. The van der Waals surface area contributed by atoms with E-state index >= 15 is 4.39 Å². The highest BCUT2D eigenvalue weighted by Gasteiger charge is 2.47. The number of imide groups is 2. The van der Waals surface area contributed by atoms with Crippen LogP contribution in [-0.2, 0) is 14.3 Å². The predicted octanol–water partition coefficient (Wildman–Crippen LogP) is 2.28. The molecule has 0 spiro atoms. The first-order chi connectivity index (χ1) is 19.4. The van der Waals surface area contributed by atoms with Crippen molar-refractivity contribution in [1.29, 1.82) is 0 Å². The number of carbonyl (C=O) groups is 5. The average Bonchev–Trinajstić information content (AvgIpc) is 3.30. The lowest BCUT2D eigenvalue weighted by atomic mass is 9.98. The maximum Gasteiger partial charge on any atom is 0.410 e. The van der Waals surface area contributed by atoms with E-state index in [0.29, 0.717) is 32.2 Å². The number of anilines is 1. The van der Waals surface area contributed by atoms with Gasteiger partial charge in [0.2, 0.25) is 11.8 Å². The molecule has 0 radical (unpaired) electrons. The Morgan fingerprint density at radius 2 is 1.51 bits per heavy atom. The zero-order valence-corrected chi connectivity index (χ0v) is 23.7. The second kappa shape index (κ2) is 10.1. The number of carbonyl (C=O) groups excluding carboxylic acids is 5.